The zero-order chi connectivity index (χ0) is 11.4. The molecule has 1 N–H and O–H groups in total. The SMILES string of the molecule is CNCC1COCCN1c1ccccc1Cl. The molecular weight excluding hydrogens is 224 g/mol. The summed E-state index contributed by atoms with van der Waals surface area (Å²) in [5, 5.41) is 4.00. The Hall–Kier alpha value is -0.770. The van der Waals surface area contributed by atoms with E-state index < -0.39 is 0 Å². The highest BCUT2D eigenvalue weighted by Gasteiger charge is 2.23. The van der Waals surface area contributed by atoms with Crippen LogP contribution >= 0.6 is 11.6 Å². The molecule has 0 saturated carbocycles. The van der Waals surface area contributed by atoms with Crippen LogP contribution in [0.25, 0.3) is 0 Å². The first kappa shape index (κ1) is 11.7. The average Bonchev–Trinajstić information content (AvgIpc) is 2.31. The molecule has 2 rings (SSSR count). The molecule has 1 unspecified atom stereocenters. The molecule has 3 nitrogen and oxygen atoms in total. The summed E-state index contributed by atoms with van der Waals surface area (Å²) in [6.45, 7) is 3.33. The molecule has 0 spiro atoms. The third-order valence-electron chi connectivity index (χ3n) is 2.83. The Bertz CT molecular complexity index is 344. The molecule has 0 aliphatic carbocycles. The largest absolute Gasteiger partial charge is 0.377 e. The highest BCUT2D eigenvalue weighted by Crippen LogP contribution is 2.27. The molecule has 1 heterocycles. The number of benzene rings is 1. The maximum Gasteiger partial charge on any atom is 0.0683 e. The first-order chi connectivity index (χ1) is 7.83. The van der Waals surface area contributed by atoms with Gasteiger partial charge in [0.2, 0.25) is 0 Å². The van der Waals surface area contributed by atoms with Gasteiger partial charge in [-0.3, -0.25) is 0 Å². The third-order valence-corrected chi connectivity index (χ3v) is 3.15. The summed E-state index contributed by atoms with van der Waals surface area (Å²) >= 11 is 6.22. The van der Waals surface area contributed by atoms with Gasteiger partial charge in [0.25, 0.3) is 0 Å². The second kappa shape index (κ2) is 5.53. The molecular formula is C12H17ClN2O. The van der Waals surface area contributed by atoms with Gasteiger partial charge in [0.1, 0.15) is 0 Å². The maximum absolute atomic E-state index is 6.22. The Balaban J connectivity index is 2.19. The van der Waals surface area contributed by atoms with Crippen LogP contribution in [0, 0.1) is 0 Å². The maximum atomic E-state index is 6.22. The number of ether oxygens (including phenoxy) is 1. The standard InChI is InChI=1S/C12H17ClN2O/c1-14-8-10-9-16-7-6-15(10)12-5-3-2-4-11(12)13/h2-5,10,14H,6-9H2,1H3. The van der Waals surface area contributed by atoms with E-state index in [0.29, 0.717) is 6.04 Å². The normalized spacial score (nSPS) is 21.1. The van der Waals surface area contributed by atoms with Gasteiger partial charge in [-0.2, -0.15) is 0 Å². The molecule has 1 fully saturated rings. The number of anilines is 1. The third kappa shape index (κ3) is 2.48. The van der Waals surface area contributed by atoms with Crippen molar-refractivity contribution in [2.75, 3.05) is 38.3 Å². The Morgan fingerprint density at radius 1 is 1.50 bits per heavy atom. The zero-order valence-corrected chi connectivity index (χ0v) is 10.2. The minimum Gasteiger partial charge on any atom is -0.377 e. The lowest BCUT2D eigenvalue weighted by atomic mass is 10.2. The second-order valence-electron chi connectivity index (χ2n) is 3.93. The first-order valence-electron chi connectivity index (χ1n) is 5.56. The van der Waals surface area contributed by atoms with E-state index in [2.05, 4.69) is 16.3 Å². The number of hydrogen-bond donors (Lipinski definition) is 1. The zero-order valence-electron chi connectivity index (χ0n) is 9.45. The highest BCUT2D eigenvalue weighted by molar-refractivity contribution is 6.33. The van der Waals surface area contributed by atoms with E-state index in [-0.39, 0.29) is 0 Å². The Labute approximate surface area is 101 Å². The molecule has 1 atom stereocenters. The van der Waals surface area contributed by atoms with E-state index in [1.54, 1.807) is 0 Å². The fourth-order valence-corrected chi connectivity index (χ4v) is 2.31. The number of likely N-dealkylation sites (N-methyl/N-ethyl adjacent to an activating group) is 1. The van der Waals surface area contributed by atoms with Crippen LogP contribution < -0.4 is 10.2 Å². The topological polar surface area (TPSA) is 24.5 Å². The molecule has 4 heteroatoms. The molecule has 1 saturated heterocycles. The van der Waals surface area contributed by atoms with Crippen LogP contribution in [0.3, 0.4) is 0 Å². The van der Waals surface area contributed by atoms with E-state index in [1.807, 2.05) is 25.2 Å². The molecule has 1 aromatic carbocycles. The predicted octanol–water partition coefficient (Wildman–Crippen LogP) is 1.76. The molecule has 1 aliphatic rings. The van der Waals surface area contributed by atoms with E-state index in [4.69, 9.17) is 16.3 Å². The van der Waals surface area contributed by atoms with Crippen molar-refractivity contribution in [1.29, 1.82) is 0 Å². The van der Waals surface area contributed by atoms with Gasteiger partial charge >= 0.3 is 0 Å². The summed E-state index contributed by atoms with van der Waals surface area (Å²) in [4.78, 5) is 2.32. The monoisotopic (exact) mass is 240 g/mol. The van der Waals surface area contributed by atoms with Gasteiger partial charge in [-0.1, -0.05) is 23.7 Å². The van der Waals surface area contributed by atoms with Crippen molar-refractivity contribution >= 4 is 17.3 Å². The molecule has 1 aliphatic heterocycles. The lowest BCUT2D eigenvalue weighted by molar-refractivity contribution is 0.0943. The van der Waals surface area contributed by atoms with Gasteiger partial charge < -0.3 is 15.0 Å². The molecule has 1 aromatic rings. The molecule has 0 aromatic heterocycles. The van der Waals surface area contributed by atoms with Gasteiger partial charge in [0.05, 0.1) is 30.0 Å². The molecule has 88 valence electrons. The van der Waals surface area contributed by atoms with Crippen LogP contribution in [0.1, 0.15) is 0 Å². The Kier molecular flexibility index (Phi) is 4.04. The van der Waals surface area contributed by atoms with Gasteiger partial charge in [-0.25, -0.2) is 0 Å². The van der Waals surface area contributed by atoms with Crippen LogP contribution in [0.5, 0.6) is 0 Å². The number of morpholine rings is 1. The minimum absolute atomic E-state index is 0.360. The van der Waals surface area contributed by atoms with Crippen molar-refractivity contribution in [1.82, 2.24) is 5.32 Å². The van der Waals surface area contributed by atoms with Gasteiger partial charge in [-0.05, 0) is 19.2 Å². The van der Waals surface area contributed by atoms with Crippen molar-refractivity contribution < 1.29 is 4.74 Å². The summed E-state index contributed by atoms with van der Waals surface area (Å²) in [6, 6.07) is 8.34. The number of rotatable bonds is 3. The number of nitrogens with one attached hydrogen (secondary N) is 1. The predicted molar refractivity (Wildman–Crippen MR) is 67.3 cm³/mol. The molecule has 0 amide bonds. The van der Waals surface area contributed by atoms with Gasteiger partial charge in [0.15, 0.2) is 0 Å². The van der Waals surface area contributed by atoms with Crippen molar-refractivity contribution in [2.24, 2.45) is 0 Å². The van der Waals surface area contributed by atoms with Crippen molar-refractivity contribution in [3.8, 4) is 0 Å². The highest BCUT2D eigenvalue weighted by atomic mass is 35.5. The quantitative estimate of drug-likeness (QED) is 0.872. The van der Waals surface area contributed by atoms with Crippen LogP contribution in [0.4, 0.5) is 5.69 Å². The number of hydrogen-bond acceptors (Lipinski definition) is 3. The van der Waals surface area contributed by atoms with E-state index in [9.17, 15) is 0 Å². The van der Waals surface area contributed by atoms with Crippen LogP contribution in [-0.2, 0) is 4.74 Å². The lowest BCUT2D eigenvalue weighted by Crippen LogP contribution is -2.50. The summed E-state index contributed by atoms with van der Waals surface area (Å²) in [6.07, 6.45) is 0. The first-order valence-corrected chi connectivity index (χ1v) is 5.94. The minimum atomic E-state index is 0.360. The molecule has 0 bridgehead atoms. The van der Waals surface area contributed by atoms with E-state index in [0.717, 1.165) is 37.0 Å². The fraction of sp³-hybridized carbons (Fsp3) is 0.500. The summed E-state index contributed by atoms with van der Waals surface area (Å²) in [5.41, 5.74) is 1.10. The van der Waals surface area contributed by atoms with Gasteiger partial charge in [-0.15, -0.1) is 0 Å². The fourth-order valence-electron chi connectivity index (χ4n) is 2.06. The molecule has 16 heavy (non-hydrogen) atoms. The van der Waals surface area contributed by atoms with Crippen LogP contribution in [0.2, 0.25) is 5.02 Å². The number of halogens is 1. The number of nitrogens with zero attached hydrogens (tertiary/aromatic N) is 1. The summed E-state index contributed by atoms with van der Waals surface area (Å²) in [5.74, 6) is 0. The number of para-hydroxylation sites is 1. The van der Waals surface area contributed by atoms with E-state index in [1.165, 1.54) is 0 Å². The van der Waals surface area contributed by atoms with Crippen molar-refractivity contribution in [3.63, 3.8) is 0 Å². The summed E-state index contributed by atoms with van der Waals surface area (Å²) < 4.78 is 5.50. The van der Waals surface area contributed by atoms with Crippen molar-refractivity contribution in [2.45, 2.75) is 6.04 Å². The smallest absolute Gasteiger partial charge is 0.0683 e. The van der Waals surface area contributed by atoms with Gasteiger partial charge in [0, 0.05) is 13.1 Å². The van der Waals surface area contributed by atoms with Crippen LogP contribution in [-0.4, -0.2) is 39.4 Å². The average molecular weight is 241 g/mol. The lowest BCUT2D eigenvalue weighted by Gasteiger charge is -2.37. The van der Waals surface area contributed by atoms with Crippen LogP contribution in [0.15, 0.2) is 24.3 Å². The molecule has 0 radical (unpaired) electrons. The Morgan fingerprint density at radius 2 is 2.31 bits per heavy atom. The summed E-state index contributed by atoms with van der Waals surface area (Å²) in [7, 11) is 1.96. The van der Waals surface area contributed by atoms with Crippen molar-refractivity contribution in [3.05, 3.63) is 29.3 Å². The second-order valence-corrected chi connectivity index (χ2v) is 4.34. The van der Waals surface area contributed by atoms with E-state index >= 15 is 0 Å². The Morgan fingerprint density at radius 3 is 3.06 bits per heavy atom.